The highest BCUT2D eigenvalue weighted by Gasteiger charge is 2.10. The Bertz CT molecular complexity index is 928. The zero-order chi connectivity index (χ0) is 18.7. The number of nitrogens with one attached hydrogen (secondary N) is 3. The molecule has 0 spiro atoms. The van der Waals surface area contributed by atoms with E-state index in [4.69, 9.17) is 12.2 Å². The van der Waals surface area contributed by atoms with E-state index in [9.17, 15) is 4.79 Å². The van der Waals surface area contributed by atoms with Crippen molar-refractivity contribution in [3.05, 3.63) is 48.0 Å². The number of anilines is 1. The fourth-order valence-corrected chi connectivity index (χ4v) is 2.92. The van der Waals surface area contributed by atoms with Crippen LogP contribution in [0.3, 0.4) is 0 Å². The Hall–Kier alpha value is -2.73. The first-order valence-corrected chi connectivity index (χ1v) is 9.00. The van der Waals surface area contributed by atoms with E-state index in [1.165, 1.54) is 0 Å². The van der Waals surface area contributed by atoms with Gasteiger partial charge in [0.1, 0.15) is 5.82 Å². The zero-order valence-electron chi connectivity index (χ0n) is 15.1. The molecule has 26 heavy (non-hydrogen) atoms. The second-order valence-corrected chi connectivity index (χ2v) is 7.14. The summed E-state index contributed by atoms with van der Waals surface area (Å²) in [6.45, 7) is 5.98. The van der Waals surface area contributed by atoms with Gasteiger partial charge in [-0.3, -0.25) is 4.79 Å². The van der Waals surface area contributed by atoms with Gasteiger partial charge in [-0.1, -0.05) is 38.1 Å². The molecule has 0 unspecified atom stereocenters. The van der Waals surface area contributed by atoms with Gasteiger partial charge in [-0.05, 0) is 48.8 Å². The van der Waals surface area contributed by atoms with Crippen molar-refractivity contribution in [2.24, 2.45) is 5.92 Å². The van der Waals surface area contributed by atoms with Crippen molar-refractivity contribution in [2.75, 3.05) is 5.32 Å². The molecule has 3 rings (SSSR count). The van der Waals surface area contributed by atoms with Gasteiger partial charge in [0.2, 0.25) is 5.91 Å². The molecule has 6 heteroatoms. The maximum absolute atomic E-state index is 11.9. The second kappa shape index (κ2) is 7.66. The number of H-pyrrole nitrogens is 1. The SMILES string of the molecule is Cc1ccc(-c2nc3ccccc3[nH]2)cc1NC(=S)NC(=O)CC(C)C. The van der Waals surface area contributed by atoms with Crippen LogP contribution >= 0.6 is 12.2 Å². The summed E-state index contributed by atoms with van der Waals surface area (Å²) in [5.74, 6) is 1.00. The van der Waals surface area contributed by atoms with Gasteiger partial charge in [0.15, 0.2) is 5.11 Å². The number of nitrogens with zero attached hydrogens (tertiary/aromatic N) is 1. The Morgan fingerprint density at radius 3 is 2.73 bits per heavy atom. The van der Waals surface area contributed by atoms with Crippen LogP contribution in [-0.4, -0.2) is 21.0 Å². The third-order valence-corrected chi connectivity index (χ3v) is 4.20. The number of rotatable bonds is 4. The molecule has 0 saturated carbocycles. The van der Waals surface area contributed by atoms with E-state index in [0.29, 0.717) is 11.5 Å². The van der Waals surface area contributed by atoms with E-state index in [1.54, 1.807) is 0 Å². The average molecular weight is 366 g/mol. The van der Waals surface area contributed by atoms with Crippen LogP contribution in [0.1, 0.15) is 25.8 Å². The zero-order valence-corrected chi connectivity index (χ0v) is 15.9. The Morgan fingerprint density at radius 2 is 2.00 bits per heavy atom. The van der Waals surface area contributed by atoms with Crippen LogP contribution in [-0.2, 0) is 4.79 Å². The minimum atomic E-state index is -0.0800. The van der Waals surface area contributed by atoms with E-state index >= 15 is 0 Å². The quantitative estimate of drug-likeness (QED) is 0.599. The molecule has 0 atom stereocenters. The molecule has 1 amide bonds. The molecular formula is C20H22N4OS. The van der Waals surface area contributed by atoms with Gasteiger partial charge in [-0.25, -0.2) is 4.98 Å². The van der Waals surface area contributed by atoms with Crippen LogP contribution in [0.15, 0.2) is 42.5 Å². The largest absolute Gasteiger partial charge is 0.338 e. The highest BCUT2D eigenvalue weighted by atomic mass is 32.1. The van der Waals surface area contributed by atoms with Crippen molar-refractivity contribution in [3.63, 3.8) is 0 Å². The van der Waals surface area contributed by atoms with E-state index in [2.05, 4.69) is 20.6 Å². The van der Waals surface area contributed by atoms with Crippen molar-refractivity contribution < 1.29 is 4.79 Å². The Labute approximate surface area is 158 Å². The molecule has 0 aliphatic carbocycles. The Kier molecular flexibility index (Phi) is 5.32. The number of benzene rings is 2. The van der Waals surface area contributed by atoms with Crippen molar-refractivity contribution in [1.29, 1.82) is 0 Å². The minimum Gasteiger partial charge on any atom is -0.338 e. The molecular weight excluding hydrogens is 344 g/mol. The number of fused-ring (bicyclic) bond motifs is 1. The molecule has 3 aromatic rings. The number of aromatic amines is 1. The van der Waals surface area contributed by atoms with E-state index in [-0.39, 0.29) is 11.8 Å². The van der Waals surface area contributed by atoms with Gasteiger partial charge in [0.25, 0.3) is 0 Å². The summed E-state index contributed by atoms with van der Waals surface area (Å²) in [5, 5.41) is 6.15. The van der Waals surface area contributed by atoms with Gasteiger partial charge in [0.05, 0.1) is 11.0 Å². The van der Waals surface area contributed by atoms with Crippen molar-refractivity contribution in [1.82, 2.24) is 15.3 Å². The molecule has 0 aliphatic rings. The fraction of sp³-hybridized carbons (Fsp3) is 0.250. The number of aromatic nitrogens is 2. The summed E-state index contributed by atoms with van der Waals surface area (Å²) in [6.07, 6.45) is 0.444. The van der Waals surface area contributed by atoms with Gasteiger partial charge < -0.3 is 15.6 Å². The molecule has 0 radical (unpaired) electrons. The topological polar surface area (TPSA) is 69.8 Å². The van der Waals surface area contributed by atoms with Gasteiger partial charge in [0, 0.05) is 17.7 Å². The number of carbonyl (C=O) groups excluding carboxylic acids is 1. The summed E-state index contributed by atoms with van der Waals surface area (Å²) in [4.78, 5) is 19.8. The summed E-state index contributed by atoms with van der Waals surface area (Å²) in [5.41, 5.74) is 4.75. The van der Waals surface area contributed by atoms with Crippen LogP contribution in [0.2, 0.25) is 0 Å². The number of carbonyl (C=O) groups is 1. The number of hydrogen-bond acceptors (Lipinski definition) is 3. The lowest BCUT2D eigenvalue weighted by Crippen LogP contribution is -2.34. The Morgan fingerprint density at radius 1 is 1.23 bits per heavy atom. The molecule has 134 valence electrons. The lowest BCUT2D eigenvalue weighted by Gasteiger charge is -2.13. The molecule has 0 bridgehead atoms. The standard InChI is InChI=1S/C20H22N4OS/c1-12(2)10-18(25)24-20(26)23-17-11-14(9-8-13(17)3)19-21-15-6-4-5-7-16(15)22-19/h4-9,11-12H,10H2,1-3H3,(H,21,22)(H2,23,24,25,26). The fourth-order valence-electron chi connectivity index (χ4n) is 2.70. The van der Waals surface area contributed by atoms with Crippen molar-refractivity contribution in [3.8, 4) is 11.4 Å². The van der Waals surface area contributed by atoms with Gasteiger partial charge in [-0.2, -0.15) is 0 Å². The number of aryl methyl sites for hydroxylation is 1. The van der Waals surface area contributed by atoms with E-state index in [0.717, 1.165) is 33.7 Å². The third-order valence-electron chi connectivity index (χ3n) is 4.00. The predicted octanol–water partition coefficient (Wildman–Crippen LogP) is 4.40. The third kappa shape index (κ3) is 4.26. The highest BCUT2D eigenvalue weighted by Crippen LogP contribution is 2.25. The van der Waals surface area contributed by atoms with Gasteiger partial charge in [-0.15, -0.1) is 0 Å². The van der Waals surface area contributed by atoms with Crippen LogP contribution in [0.25, 0.3) is 22.4 Å². The first-order valence-electron chi connectivity index (χ1n) is 8.59. The van der Waals surface area contributed by atoms with Crippen LogP contribution in [0.4, 0.5) is 5.69 Å². The first-order chi connectivity index (χ1) is 12.4. The number of amides is 1. The lowest BCUT2D eigenvalue weighted by atomic mass is 10.1. The first kappa shape index (κ1) is 18.1. The number of thiocarbonyl (C=S) groups is 1. The summed E-state index contributed by atoms with van der Waals surface area (Å²) in [6, 6.07) is 13.9. The van der Waals surface area contributed by atoms with Gasteiger partial charge >= 0.3 is 0 Å². The van der Waals surface area contributed by atoms with Crippen molar-refractivity contribution >= 4 is 40.0 Å². The summed E-state index contributed by atoms with van der Waals surface area (Å²) < 4.78 is 0. The molecule has 0 fully saturated rings. The second-order valence-electron chi connectivity index (χ2n) is 6.73. The molecule has 0 aliphatic heterocycles. The maximum Gasteiger partial charge on any atom is 0.226 e. The smallest absolute Gasteiger partial charge is 0.226 e. The number of hydrogen-bond donors (Lipinski definition) is 3. The van der Waals surface area contributed by atoms with E-state index < -0.39 is 0 Å². The molecule has 2 aromatic carbocycles. The summed E-state index contributed by atoms with van der Waals surface area (Å²) >= 11 is 5.27. The van der Waals surface area contributed by atoms with Crippen LogP contribution in [0.5, 0.6) is 0 Å². The number of para-hydroxylation sites is 2. The number of imidazole rings is 1. The molecule has 1 aromatic heterocycles. The maximum atomic E-state index is 11.9. The molecule has 5 nitrogen and oxygen atoms in total. The molecule has 3 N–H and O–H groups in total. The predicted molar refractivity (Wildman–Crippen MR) is 110 cm³/mol. The summed E-state index contributed by atoms with van der Waals surface area (Å²) in [7, 11) is 0. The van der Waals surface area contributed by atoms with Crippen LogP contribution in [0, 0.1) is 12.8 Å². The molecule has 0 saturated heterocycles. The lowest BCUT2D eigenvalue weighted by molar-refractivity contribution is -0.120. The van der Waals surface area contributed by atoms with Crippen LogP contribution < -0.4 is 10.6 Å². The Balaban J connectivity index is 1.79. The minimum absolute atomic E-state index is 0.0800. The van der Waals surface area contributed by atoms with E-state index in [1.807, 2.05) is 63.2 Å². The van der Waals surface area contributed by atoms with Crippen molar-refractivity contribution in [2.45, 2.75) is 27.2 Å². The molecule has 1 heterocycles. The highest BCUT2D eigenvalue weighted by molar-refractivity contribution is 7.80. The monoisotopic (exact) mass is 366 g/mol. The normalized spacial score (nSPS) is 10.9. The average Bonchev–Trinajstić information content (AvgIpc) is 3.00.